The second kappa shape index (κ2) is 4.20. The average molecular weight is 255 g/mol. The van der Waals surface area contributed by atoms with Crippen molar-refractivity contribution in [3.63, 3.8) is 0 Å². The lowest BCUT2D eigenvalue weighted by Crippen LogP contribution is -2.12. The van der Waals surface area contributed by atoms with Crippen LogP contribution in [0.15, 0.2) is 42.5 Å². The Balaban J connectivity index is 2.25. The van der Waals surface area contributed by atoms with Crippen molar-refractivity contribution in [2.24, 2.45) is 0 Å². The van der Waals surface area contributed by atoms with Crippen LogP contribution >= 0.6 is 0 Å². The first-order valence-corrected chi connectivity index (χ1v) is 5.71. The molecule has 5 nitrogen and oxygen atoms in total. The minimum absolute atomic E-state index is 0.126. The molecule has 5 heteroatoms. The van der Waals surface area contributed by atoms with Gasteiger partial charge in [0.1, 0.15) is 12.0 Å². The van der Waals surface area contributed by atoms with Crippen LogP contribution in [0.25, 0.3) is 0 Å². The predicted octanol–water partition coefficient (Wildman–Crippen LogP) is 3.03. The van der Waals surface area contributed by atoms with Gasteiger partial charge in [0, 0.05) is 17.2 Å². The number of hydrogen-bond acceptors (Lipinski definition) is 4. The maximum atomic E-state index is 11.3. The van der Waals surface area contributed by atoms with Gasteiger partial charge in [-0.25, -0.2) is 0 Å². The summed E-state index contributed by atoms with van der Waals surface area (Å²) < 4.78 is 5.60. The largest absolute Gasteiger partial charge is 0.449 e. The van der Waals surface area contributed by atoms with Gasteiger partial charge in [-0.2, -0.15) is 0 Å². The van der Waals surface area contributed by atoms with Gasteiger partial charge >= 0.3 is 5.69 Å². The Labute approximate surface area is 108 Å². The molecule has 19 heavy (non-hydrogen) atoms. The second-order valence-electron chi connectivity index (χ2n) is 4.21. The van der Waals surface area contributed by atoms with Crippen molar-refractivity contribution in [1.82, 2.24) is 0 Å². The molecule has 0 spiro atoms. The van der Waals surface area contributed by atoms with Crippen LogP contribution in [0.2, 0.25) is 0 Å². The molecule has 0 fully saturated rings. The minimum Gasteiger partial charge on any atom is -0.449 e. The zero-order chi connectivity index (χ0) is 13.4. The molecule has 3 rings (SSSR count). The highest BCUT2D eigenvalue weighted by Gasteiger charge is 2.31. The standard InChI is InChI=1S/C14H9NO4/c16-8-11-9-4-1-2-7-13(9)19-14-10(11)5-3-6-12(14)15(17)18/h1-8,11H. The zero-order valence-corrected chi connectivity index (χ0v) is 9.78. The molecule has 0 radical (unpaired) electrons. The Morgan fingerprint density at radius 3 is 2.58 bits per heavy atom. The number of rotatable bonds is 2. The number of hydrogen-bond donors (Lipinski definition) is 0. The van der Waals surface area contributed by atoms with Crippen LogP contribution < -0.4 is 4.74 Å². The van der Waals surface area contributed by atoms with Crippen molar-refractivity contribution >= 4 is 12.0 Å². The Bertz CT molecular complexity index is 681. The smallest absolute Gasteiger partial charge is 0.311 e. The molecular formula is C14H9NO4. The molecule has 1 unspecified atom stereocenters. The summed E-state index contributed by atoms with van der Waals surface area (Å²) in [5.41, 5.74) is 1.13. The van der Waals surface area contributed by atoms with E-state index in [9.17, 15) is 14.9 Å². The number of carbonyl (C=O) groups is 1. The lowest BCUT2D eigenvalue weighted by molar-refractivity contribution is -0.385. The molecule has 0 aromatic heterocycles. The van der Waals surface area contributed by atoms with E-state index in [0.717, 1.165) is 11.8 Å². The van der Waals surface area contributed by atoms with Crippen molar-refractivity contribution in [2.45, 2.75) is 5.92 Å². The first-order valence-electron chi connectivity index (χ1n) is 5.71. The minimum atomic E-state index is -0.528. The zero-order valence-electron chi connectivity index (χ0n) is 9.78. The van der Waals surface area contributed by atoms with Crippen LogP contribution in [0.4, 0.5) is 5.69 Å². The first-order chi connectivity index (χ1) is 9.22. The van der Waals surface area contributed by atoms with E-state index in [4.69, 9.17) is 4.74 Å². The van der Waals surface area contributed by atoms with E-state index >= 15 is 0 Å². The van der Waals surface area contributed by atoms with Gasteiger partial charge in [-0.15, -0.1) is 0 Å². The van der Waals surface area contributed by atoms with Gasteiger partial charge in [-0.3, -0.25) is 10.1 Å². The molecule has 0 saturated heterocycles. The van der Waals surface area contributed by atoms with Crippen LogP contribution in [0.3, 0.4) is 0 Å². The summed E-state index contributed by atoms with van der Waals surface area (Å²) in [6, 6.07) is 11.7. The van der Waals surface area contributed by atoms with Gasteiger partial charge in [0.2, 0.25) is 5.75 Å². The molecule has 2 aromatic carbocycles. The summed E-state index contributed by atoms with van der Waals surface area (Å²) in [5.74, 6) is 0.115. The number of aldehydes is 1. The summed E-state index contributed by atoms with van der Waals surface area (Å²) in [6.45, 7) is 0. The van der Waals surface area contributed by atoms with Crippen LogP contribution in [0.5, 0.6) is 11.5 Å². The lowest BCUT2D eigenvalue weighted by atomic mass is 9.89. The number of fused-ring (bicyclic) bond motifs is 2. The molecule has 94 valence electrons. The van der Waals surface area contributed by atoms with Crippen LogP contribution in [0.1, 0.15) is 17.0 Å². The highest BCUT2D eigenvalue weighted by Crippen LogP contribution is 2.46. The van der Waals surface area contributed by atoms with Crippen molar-refractivity contribution < 1.29 is 14.5 Å². The number of nitrogens with zero attached hydrogens (tertiary/aromatic N) is 1. The summed E-state index contributed by atoms with van der Waals surface area (Å²) in [5, 5.41) is 11.0. The third kappa shape index (κ3) is 1.67. The van der Waals surface area contributed by atoms with Gasteiger partial charge in [-0.1, -0.05) is 30.3 Å². The molecule has 1 heterocycles. The predicted molar refractivity (Wildman–Crippen MR) is 67.5 cm³/mol. The number of nitro groups is 1. The highest BCUT2D eigenvalue weighted by atomic mass is 16.6. The third-order valence-electron chi connectivity index (χ3n) is 3.16. The third-order valence-corrected chi connectivity index (χ3v) is 3.16. The van der Waals surface area contributed by atoms with Crippen LogP contribution in [-0.4, -0.2) is 11.2 Å². The molecule has 1 aliphatic rings. The highest BCUT2D eigenvalue weighted by molar-refractivity contribution is 5.76. The SMILES string of the molecule is O=CC1c2ccccc2Oc2c1cccc2[N+](=O)[O-]. The first kappa shape index (κ1) is 11.4. The second-order valence-corrected chi connectivity index (χ2v) is 4.21. The molecule has 0 bridgehead atoms. The number of carbonyl (C=O) groups excluding carboxylic acids is 1. The molecule has 0 amide bonds. The topological polar surface area (TPSA) is 69.4 Å². The molecule has 1 atom stereocenters. The van der Waals surface area contributed by atoms with E-state index in [0.29, 0.717) is 11.3 Å². The van der Waals surface area contributed by atoms with Crippen LogP contribution in [0, 0.1) is 10.1 Å². The van der Waals surface area contributed by atoms with Crippen LogP contribution in [-0.2, 0) is 4.79 Å². The quantitative estimate of drug-likeness (QED) is 0.470. The van der Waals surface area contributed by atoms with Gasteiger partial charge in [0.15, 0.2) is 0 Å². The van der Waals surface area contributed by atoms with Gasteiger partial charge in [0.25, 0.3) is 0 Å². The Morgan fingerprint density at radius 2 is 1.84 bits per heavy atom. The molecule has 0 aliphatic carbocycles. The normalized spacial score (nSPS) is 15.9. The monoisotopic (exact) mass is 255 g/mol. The summed E-state index contributed by atoms with van der Waals surface area (Å²) in [4.78, 5) is 21.9. The van der Waals surface area contributed by atoms with Crippen molar-refractivity contribution in [3.05, 3.63) is 63.7 Å². The molecule has 1 aliphatic heterocycles. The number of benzene rings is 2. The van der Waals surface area contributed by atoms with Crippen molar-refractivity contribution in [1.29, 1.82) is 0 Å². The Hall–Kier alpha value is -2.69. The Morgan fingerprint density at radius 1 is 1.11 bits per heavy atom. The molecule has 0 saturated carbocycles. The average Bonchev–Trinajstić information content (AvgIpc) is 2.43. The van der Waals surface area contributed by atoms with Crippen molar-refractivity contribution in [3.8, 4) is 11.5 Å². The van der Waals surface area contributed by atoms with Gasteiger partial charge in [-0.05, 0) is 6.07 Å². The van der Waals surface area contributed by atoms with E-state index in [1.165, 1.54) is 6.07 Å². The van der Waals surface area contributed by atoms with E-state index in [-0.39, 0.29) is 11.4 Å². The van der Waals surface area contributed by atoms with E-state index in [2.05, 4.69) is 0 Å². The summed E-state index contributed by atoms with van der Waals surface area (Å²) in [6.07, 6.45) is 0.782. The van der Waals surface area contributed by atoms with E-state index < -0.39 is 10.8 Å². The molecule has 2 aromatic rings. The fourth-order valence-electron chi connectivity index (χ4n) is 2.30. The lowest BCUT2D eigenvalue weighted by Gasteiger charge is -2.24. The Kier molecular flexibility index (Phi) is 2.52. The van der Waals surface area contributed by atoms with Gasteiger partial charge < -0.3 is 9.53 Å². The molecular weight excluding hydrogens is 246 g/mol. The summed E-state index contributed by atoms with van der Waals surface area (Å²) >= 11 is 0. The maximum Gasteiger partial charge on any atom is 0.311 e. The molecule has 0 N–H and O–H groups in total. The van der Waals surface area contributed by atoms with E-state index in [1.807, 2.05) is 0 Å². The van der Waals surface area contributed by atoms with Crippen molar-refractivity contribution in [2.75, 3.05) is 0 Å². The number of para-hydroxylation sites is 2. The number of nitro benzene ring substituents is 1. The number of ether oxygens (including phenoxy) is 1. The maximum absolute atomic E-state index is 11.3. The fraction of sp³-hybridized carbons (Fsp3) is 0.0714. The summed E-state index contributed by atoms with van der Waals surface area (Å²) in [7, 11) is 0. The van der Waals surface area contributed by atoms with Gasteiger partial charge in [0.05, 0.1) is 10.8 Å². The fourth-order valence-corrected chi connectivity index (χ4v) is 2.30. The van der Waals surface area contributed by atoms with E-state index in [1.54, 1.807) is 36.4 Å².